The van der Waals surface area contributed by atoms with Crippen LogP contribution in [0.1, 0.15) is 35.7 Å². The summed E-state index contributed by atoms with van der Waals surface area (Å²) in [4.78, 5) is 14.4. The van der Waals surface area contributed by atoms with Crippen LogP contribution in [-0.4, -0.2) is 32.3 Å². The average molecular weight is 375 g/mol. The molecule has 1 atom stereocenters. The molecule has 0 saturated carbocycles. The summed E-state index contributed by atoms with van der Waals surface area (Å²) in [6.45, 7) is 5.14. The summed E-state index contributed by atoms with van der Waals surface area (Å²) in [5.41, 5.74) is 0.798. The number of likely N-dealkylation sites (tertiary alicyclic amines) is 1. The number of carbonyl (C=O) groups excluding carboxylic acids is 1. The number of nitrogens with two attached hydrogens (primary N) is 1. The van der Waals surface area contributed by atoms with Crippen LogP contribution in [0.2, 0.25) is 0 Å². The molecule has 0 aliphatic carbocycles. The third kappa shape index (κ3) is 3.64. The number of carbonyl (C=O) groups is 1. The van der Waals surface area contributed by atoms with Gasteiger partial charge in [0, 0.05) is 23.1 Å². The molecule has 1 saturated heterocycles. The Morgan fingerprint density at radius 1 is 1.43 bits per heavy atom. The quantitative estimate of drug-likeness (QED) is 0.861. The van der Waals surface area contributed by atoms with E-state index in [0.29, 0.717) is 34.6 Å². The summed E-state index contributed by atoms with van der Waals surface area (Å²) in [6, 6.07) is 3.09. The number of nitrogens with zero attached hydrogens (tertiary/aromatic N) is 1. The van der Waals surface area contributed by atoms with Crippen LogP contribution in [-0.2, 0) is 10.0 Å². The molecule has 5 nitrogen and oxygen atoms in total. The van der Waals surface area contributed by atoms with E-state index in [9.17, 15) is 13.2 Å². The first-order valence-corrected chi connectivity index (χ1v) is 9.16. The maximum Gasteiger partial charge on any atom is 0.254 e. The van der Waals surface area contributed by atoms with Gasteiger partial charge in [-0.1, -0.05) is 22.9 Å². The normalized spacial score (nSPS) is 19.6. The van der Waals surface area contributed by atoms with Gasteiger partial charge in [0.05, 0.1) is 4.90 Å². The molecule has 1 heterocycles. The van der Waals surface area contributed by atoms with Gasteiger partial charge in [-0.05, 0) is 43.4 Å². The zero-order chi connectivity index (χ0) is 15.8. The van der Waals surface area contributed by atoms with E-state index in [1.165, 1.54) is 6.07 Å². The number of benzene rings is 1. The summed E-state index contributed by atoms with van der Waals surface area (Å²) in [6.07, 6.45) is 2.09. The predicted octanol–water partition coefficient (Wildman–Crippen LogP) is 2.28. The second-order valence-electron chi connectivity index (χ2n) is 5.62. The number of rotatable bonds is 2. The van der Waals surface area contributed by atoms with E-state index in [2.05, 4.69) is 22.9 Å². The first kappa shape index (κ1) is 16.5. The van der Waals surface area contributed by atoms with Crippen molar-refractivity contribution >= 4 is 31.9 Å². The highest BCUT2D eigenvalue weighted by atomic mass is 79.9. The van der Waals surface area contributed by atoms with E-state index in [1.807, 2.05) is 0 Å². The summed E-state index contributed by atoms with van der Waals surface area (Å²) >= 11 is 3.25. The second-order valence-corrected chi connectivity index (χ2v) is 8.07. The number of amides is 1. The van der Waals surface area contributed by atoms with Gasteiger partial charge in [0.1, 0.15) is 0 Å². The van der Waals surface area contributed by atoms with Gasteiger partial charge < -0.3 is 4.90 Å². The minimum atomic E-state index is -3.85. The molecular formula is C14H19BrN2O3S. The van der Waals surface area contributed by atoms with Gasteiger partial charge in [-0.2, -0.15) is 0 Å². The molecule has 0 aromatic heterocycles. The Kier molecular flexibility index (Phi) is 4.75. The summed E-state index contributed by atoms with van der Waals surface area (Å²) in [5.74, 6) is 0.332. The van der Waals surface area contributed by atoms with Crippen LogP contribution in [0.3, 0.4) is 0 Å². The lowest BCUT2D eigenvalue weighted by atomic mass is 9.98. The summed E-state index contributed by atoms with van der Waals surface area (Å²) in [7, 11) is -3.85. The molecule has 2 rings (SSSR count). The van der Waals surface area contributed by atoms with Crippen molar-refractivity contribution in [2.75, 3.05) is 13.1 Å². The van der Waals surface area contributed by atoms with E-state index in [1.54, 1.807) is 17.9 Å². The van der Waals surface area contributed by atoms with Crippen molar-refractivity contribution in [2.45, 2.75) is 31.6 Å². The highest BCUT2D eigenvalue weighted by Gasteiger charge is 2.26. The van der Waals surface area contributed by atoms with Crippen molar-refractivity contribution in [3.63, 3.8) is 0 Å². The largest absolute Gasteiger partial charge is 0.338 e. The molecule has 1 aromatic carbocycles. The zero-order valence-electron chi connectivity index (χ0n) is 12.1. The number of halogens is 1. The topological polar surface area (TPSA) is 80.5 Å². The Balaban J connectivity index is 2.44. The lowest BCUT2D eigenvalue weighted by Gasteiger charge is -2.31. The van der Waals surface area contributed by atoms with Crippen LogP contribution in [0, 0.1) is 12.8 Å². The smallest absolute Gasteiger partial charge is 0.254 e. The second kappa shape index (κ2) is 6.06. The van der Waals surface area contributed by atoms with Gasteiger partial charge in [-0.25, -0.2) is 13.6 Å². The monoisotopic (exact) mass is 374 g/mol. The summed E-state index contributed by atoms with van der Waals surface area (Å²) < 4.78 is 23.8. The molecule has 7 heteroatoms. The first-order chi connectivity index (χ1) is 9.70. The number of hydrogen-bond acceptors (Lipinski definition) is 3. The molecule has 1 aromatic rings. The van der Waals surface area contributed by atoms with Crippen LogP contribution in [0.5, 0.6) is 0 Å². The Bertz CT molecular complexity index is 673. The number of hydrogen-bond donors (Lipinski definition) is 1. The van der Waals surface area contributed by atoms with Crippen molar-refractivity contribution in [3.8, 4) is 0 Å². The van der Waals surface area contributed by atoms with Gasteiger partial charge >= 0.3 is 0 Å². The molecule has 1 aliphatic heterocycles. The molecule has 1 aliphatic rings. The van der Waals surface area contributed by atoms with Gasteiger partial charge in [0.2, 0.25) is 10.0 Å². The molecule has 116 valence electrons. The van der Waals surface area contributed by atoms with Crippen molar-refractivity contribution < 1.29 is 13.2 Å². The van der Waals surface area contributed by atoms with Crippen molar-refractivity contribution in [2.24, 2.45) is 11.1 Å². The van der Waals surface area contributed by atoms with Gasteiger partial charge in [-0.15, -0.1) is 0 Å². The van der Waals surface area contributed by atoms with Crippen LogP contribution in [0.25, 0.3) is 0 Å². The lowest BCUT2D eigenvalue weighted by molar-refractivity contribution is 0.0682. The average Bonchev–Trinajstić information content (AvgIpc) is 2.39. The maximum atomic E-state index is 12.7. The zero-order valence-corrected chi connectivity index (χ0v) is 14.5. The summed E-state index contributed by atoms with van der Waals surface area (Å²) in [5, 5.41) is 5.22. The third-order valence-corrected chi connectivity index (χ3v) is 5.30. The molecule has 1 amide bonds. The Morgan fingerprint density at radius 3 is 2.67 bits per heavy atom. The molecule has 2 N–H and O–H groups in total. The van der Waals surface area contributed by atoms with Crippen LogP contribution < -0.4 is 5.14 Å². The minimum Gasteiger partial charge on any atom is -0.338 e. The van der Waals surface area contributed by atoms with E-state index >= 15 is 0 Å². The first-order valence-electron chi connectivity index (χ1n) is 6.82. The predicted molar refractivity (Wildman–Crippen MR) is 84.6 cm³/mol. The van der Waals surface area contributed by atoms with Gasteiger partial charge in [-0.3, -0.25) is 4.79 Å². The van der Waals surface area contributed by atoms with E-state index in [-0.39, 0.29) is 10.8 Å². The molecule has 0 bridgehead atoms. The molecule has 0 spiro atoms. The van der Waals surface area contributed by atoms with Crippen LogP contribution in [0.4, 0.5) is 0 Å². The molecular weight excluding hydrogens is 356 g/mol. The minimum absolute atomic E-state index is 0.00900. The SMILES string of the molecule is Cc1c(C(=O)N2CCCC(C)C2)cc(Br)cc1S(N)(=O)=O. The highest BCUT2D eigenvalue weighted by molar-refractivity contribution is 9.10. The molecule has 0 radical (unpaired) electrons. The van der Waals surface area contributed by atoms with Crippen LogP contribution >= 0.6 is 15.9 Å². The van der Waals surface area contributed by atoms with E-state index < -0.39 is 10.0 Å². The van der Waals surface area contributed by atoms with E-state index in [4.69, 9.17) is 5.14 Å². The van der Waals surface area contributed by atoms with Gasteiger partial charge in [0.15, 0.2) is 0 Å². The van der Waals surface area contributed by atoms with E-state index in [0.717, 1.165) is 12.8 Å². The number of sulfonamides is 1. The molecule has 1 unspecified atom stereocenters. The fraction of sp³-hybridized carbons (Fsp3) is 0.500. The number of primary sulfonamides is 1. The Morgan fingerprint density at radius 2 is 2.10 bits per heavy atom. The fourth-order valence-electron chi connectivity index (χ4n) is 2.72. The Labute approximate surface area is 133 Å². The highest BCUT2D eigenvalue weighted by Crippen LogP contribution is 2.26. The third-order valence-electron chi connectivity index (χ3n) is 3.81. The maximum absolute atomic E-state index is 12.7. The van der Waals surface area contributed by atoms with Gasteiger partial charge in [0.25, 0.3) is 5.91 Å². The molecule has 1 fully saturated rings. The van der Waals surface area contributed by atoms with Crippen molar-refractivity contribution in [1.29, 1.82) is 0 Å². The standard InChI is InChI=1S/C14H19BrN2O3S/c1-9-4-3-5-17(8-9)14(18)12-6-11(15)7-13(10(12)2)21(16,19)20/h6-7,9H,3-5,8H2,1-2H3,(H2,16,19,20). The van der Waals surface area contributed by atoms with Crippen molar-refractivity contribution in [1.82, 2.24) is 4.90 Å². The molecule has 21 heavy (non-hydrogen) atoms. The Hall–Kier alpha value is -0.920. The fourth-order valence-corrected chi connectivity index (χ4v) is 4.15. The lowest BCUT2D eigenvalue weighted by Crippen LogP contribution is -2.39. The number of piperidine rings is 1. The van der Waals surface area contributed by atoms with Crippen LogP contribution in [0.15, 0.2) is 21.5 Å². The van der Waals surface area contributed by atoms with Crippen molar-refractivity contribution in [3.05, 3.63) is 27.7 Å².